The predicted octanol–water partition coefficient (Wildman–Crippen LogP) is 2.89. The van der Waals surface area contributed by atoms with E-state index in [4.69, 9.17) is 4.74 Å². The Kier molecular flexibility index (Phi) is 3.91. The second-order valence-electron chi connectivity index (χ2n) is 5.27. The number of methoxy groups -OCH3 is 1. The third kappa shape index (κ3) is 3.33. The van der Waals surface area contributed by atoms with Crippen molar-refractivity contribution in [3.8, 4) is 0 Å². The lowest BCUT2D eigenvalue weighted by atomic mass is 10.2. The molecule has 1 fully saturated rings. The standard InChI is InChI=1S/C16H18N4O2/c1-10-17-14(19-11-7-8-11)9-15(18-10)20-13-6-4-3-5-12(13)16(21)22-2/h3-6,9,11H,7-8H2,1-2H3,(H2,17,18,19,20). The van der Waals surface area contributed by atoms with Crippen molar-refractivity contribution in [3.05, 3.63) is 41.7 Å². The molecule has 6 nitrogen and oxygen atoms in total. The zero-order valence-corrected chi connectivity index (χ0v) is 12.6. The molecule has 1 aliphatic rings. The maximum absolute atomic E-state index is 11.8. The van der Waals surface area contributed by atoms with Gasteiger partial charge >= 0.3 is 5.97 Å². The van der Waals surface area contributed by atoms with E-state index >= 15 is 0 Å². The fourth-order valence-electron chi connectivity index (χ4n) is 2.16. The molecule has 0 unspecified atom stereocenters. The second-order valence-corrected chi connectivity index (χ2v) is 5.27. The van der Waals surface area contributed by atoms with Gasteiger partial charge in [-0.15, -0.1) is 0 Å². The summed E-state index contributed by atoms with van der Waals surface area (Å²) < 4.78 is 4.80. The molecule has 6 heteroatoms. The molecule has 3 rings (SSSR count). The van der Waals surface area contributed by atoms with Crippen LogP contribution in [0, 0.1) is 6.92 Å². The monoisotopic (exact) mass is 298 g/mol. The summed E-state index contributed by atoms with van der Waals surface area (Å²) in [6.45, 7) is 1.84. The van der Waals surface area contributed by atoms with Gasteiger partial charge in [0.2, 0.25) is 0 Å². The zero-order chi connectivity index (χ0) is 15.5. The lowest BCUT2D eigenvalue weighted by molar-refractivity contribution is 0.0602. The number of nitrogens with one attached hydrogen (secondary N) is 2. The third-order valence-electron chi connectivity index (χ3n) is 3.36. The minimum Gasteiger partial charge on any atom is -0.465 e. The summed E-state index contributed by atoms with van der Waals surface area (Å²) in [6, 6.07) is 9.54. The molecular formula is C16H18N4O2. The number of hydrogen-bond acceptors (Lipinski definition) is 6. The van der Waals surface area contributed by atoms with Crippen molar-refractivity contribution in [3.63, 3.8) is 0 Å². The average Bonchev–Trinajstić information content (AvgIpc) is 3.30. The number of carbonyl (C=O) groups excluding carboxylic acids is 1. The van der Waals surface area contributed by atoms with Gasteiger partial charge in [-0.2, -0.15) is 0 Å². The number of hydrogen-bond donors (Lipinski definition) is 2. The molecular weight excluding hydrogens is 280 g/mol. The molecule has 0 bridgehead atoms. The van der Waals surface area contributed by atoms with Crippen LogP contribution >= 0.6 is 0 Å². The number of anilines is 3. The van der Waals surface area contributed by atoms with E-state index in [1.807, 2.05) is 25.1 Å². The molecule has 0 amide bonds. The van der Waals surface area contributed by atoms with E-state index in [-0.39, 0.29) is 5.97 Å². The first-order valence-corrected chi connectivity index (χ1v) is 7.22. The summed E-state index contributed by atoms with van der Waals surface area (Å²) in [5.74, 6) is 1.73. The molecule has 1 aromatic carbocycles. The number of carbonyl (C=O) groups is 1. The average molecular weight is 298 g/mol. The first-order chi connectivity index (χ1) is 10.7. The molecule has 1 saturated carbocycles. The van der Waals surface area contributed by atoms with Crippen LogP contribution in [0.4, 0.5) is 17.3 Å². The highest BCUT2D eigenvalue weighted by atomic mass is 16.5. The first kappa shape index (κ1) is 14.3. The Morgan fingerprint density at radius 3 is 2.68 bits per heavy atom. The lowest BCUT2D eigenvalue weighted by Crippen LogP contribution is -2.08. The highest BCUT2D eigenvalue weighted by molar-refractivity contribution is 5.96. The summed E-state index contributed by atoms with van der Waals surface area (Å²) in [5.41, 5.74) is 1.13. The molecule has 0 radical (unpaired) electrons. The fraction of sp³-hybridized carbons (Fsp3) is 0.312. The quantitative estimate of drug-likeness (QED) is 0.827. The van der Waals surface area contributed by atoms with E-state index in [2.05, 4.69) is 20.6 Å². The molecule has 0 aliphatic heterocycles. The number of ether oxygens (including phenoxy) is 1. The van der Waals surface area contributed by atoms with E-state index in [0.717, 1.165) is 5.82 Å². The van der Waals surface area contributed by atoms with Gasteiger partial charge in [0.15, 0.2) is 0 Å². The molecule has 114 valence electrons. The summed E-state index contributed by atoms with van der Waals surface area (Å²) in [5, 5.41) is 6.52. The number of aryl methyl sites for hydroxylation is 1. The minimum atomic E-state index is -0.384. The van der Waals surface area contributed by atoms with Crippen molar-refractivity contribution in [1.29, 1.82) is 0 Å². The van der Waals surface area contributed by atoms with Crippen LogP contribution < -0.4 is 10.6 Å². The molecule has 2 N–H and O–H groups in total. The van der Waals surface area contributed by atoms with Gasteiger partial charge in [0.1, 0.15) is 17.5 Å². The van der Waals surface area contributed by atoms with Gasteiger partial charge in [0.05, 0.1) is 18.4 Å². The van der Waals surface area contributed by atoms with Crippen LogP contribution in [0.1, 0.15) is 29.0 Å². The number of nitrogens with zero attached hydrogens (tertiary/aromatic N) is 2. The highest BCUT2D eigenvalue weighted by Crippen LogP contribution is 2.26. The van der Waals surface area contributed by atoms with E-state index in [9.17, 15) is 4.79 Å². The van der Waals surface area contributed by atoms with Crippen LogP contribution in [-0.2, 0) is 4.74 Å². The van der Waals surface area contributed by atoms with Crippen molar-refractivity contribution < 1.29 is 9.53 Å². The van der Waals surface area contributed by atoms with Crippen LogP contribution in [0.15, 0.2) is 30.3 Å². The number of rotatable bonds is 5. The topological polar surface area (TPSA) is 76.1 Å². The fourth-order valence-corrected chi connectivity index (χ4v) is 2.16. The number of para-hydroxylation sites is 1. The molecule has 0 saturated heterocycles. The van der Waals surface area contributed by atoms with Crippen LogP contribution in [-0.4, -0.2) is 29.1 Å². The first-order valence-electron chi connectivity index (χ1n) is 7.22. The van der Waals surface area contributed by atoms with Gasteiger partial charge in [-0.1, -0.05) is 12.1 Å². The Morgan fingerprint density at radius 1 is 1.23 bits per heavy atom. The Morgan fingerprint density at radius 2 is 1.95 bits per heavy atom. The molecule has 0 spiro atoms. The molecule has 0 atom stereocenters. The SMILES string of the molecule is COC(=O)c1ccccc1Nc1cc(NC2CC2)nc(C)n1. The predicted molar refractivity (Wildman–Crippen MR) is 84.5 cm³/mol. The largest absolute Gasteiger partial charge is 0.465 e. The summed E-state index contributed by atoms with van der Waals surface area (Å²) in [7, 11) is 1.37. The van der Waals surface area contributed by atoms with Crippen LogP contribution in [0.25, 0.3) is 0 Å². The molecule has 1 aromatic heterocycles. The Balaban J connectivity index is 1.86. The lowest BCUT2D eigenvalue weighted by Gasteiger charge is -2.12. The Hall–Kier alpha value is -2.63. The van der Waals surface area contributed by atoms with Gasteiger partial charge in [-0.3, -0.25) is 0 Å². The zero-order valence-electron chi connectivity index (χ0n) is 12.6. The summed E-state index contributed by atoms with van der Waals surface area (Å²) in [6.07, 6.45) is 2.36. The van der Waals surface area contributed by atoms with Gasteiger partial charge in [-0.25, -0.2) is 14.8 Å². The third-order valence-corrected chi connectivity index (χ3v) is 3.36. The highest BCUT2D eigenvalue weighted by Gasteiger charge is 2.21. The van der Waals surface area contributed by atoms with Crippen molar-refractivity contribution in [2.75, 3.05) is 17.7 Å². The van der Waals surface area contributed by atoms with Crippen LogP contribution in [0.2, 0.25) is 0 Å². The summed E-state index contributed by atoms with van der Waals surface area (Å²) in [4.78, 5) is 20.5. The van der Waals surface area contributed by atoms with Crippen LogP contribution in [0.3, 0.4) is 0 Å². The molecule has 1 aliphatic carbocycles. The van der Waals surface area contributed by atoms with Crippen molar-refractivity contribution in [1.82, 2.24) is 9.97 Å². The van der Waals surface area contributed by atoms with Crippen molar-refractivity contribution >= 4 is 23.3 Å². The van der Waals surface area contributed by atoms with Crippen LogP contribution in [0.5, 0.6) is 0 Å². The number of aromatic nitrogens is 2. The second kappa shape index (κ2) is 6.01. The van der Waals surface area contributed by atoms with E-state index in [0.29, 0.717) is 28.9 Å². The maximum Gasteiger partial charge on any atom is 0.339 e. The van der Waals surface area contributed by atoms with Gasteiger partial charge in [-0.05, 0) is 31.9 Å². The number of esters is 1. The van der Waals surface area contributed by atoms with Crippen molar-refractivity contribution in [2.45, 2.75) is 25.8 Å². The molecule has 1 heterocycles. The summed E-state index contributed by atoms with van der Waals surface area (Å²) >= 11 is 0. The normalized spacial score (nSPS) is 13.5. The van der Waals surface area contributed by atoms with Gasteiger partial charge in [0, 0.05) is 12.1 Å². The molecule has 2 aromatic rings. The van der Waals surface area contributed by atoms with Gasteiger partial charge < -0.3 is 15.4 Å². The van der Waals surface area contributed by atoms with E-state index in [1.165, 1.54) is 20.0 Å². The smallest absolute Gasteiger partial charge is 0.339 e. The Bertz CT molecular complexity index is 698. The Labute approximate surface area is 128 Å². The number of benzene rings is 1. The van der Waals surface area contributed by atoms with Crippen molar-refractivity contribution in [2.24, 2.45) is 0 Å². The maximum atomic E-state index is 11.8. The van der Waals surface area contributed by atoms with E-state index in [1.54, 1.807) is 12.1 Å². The van der Waals surface area contributed by atoms with Gasteiger partial charge in [0.25, 0.3) is 0 Å². The minimum absolute atomic E-state index is 0.384. The molecule has 22 heavy (non-hydrogen) atoms. The van der Waals surface area contributed by atoms with E-state index < -0.39 is 0 Å².